The zero-order chi connectivity index (χ0) is 13.9. The monoisotopic (exact) mass is 272 g/mol. The molecule has 1 saturated heterocycles. The Balaban J connectivity index is 1.79. The minimum atomic E-state index is -1.10. The van der Waals surface area contributed by atoms with Gasteiger partial charge in [0.15, 0.2) is 0 Å². The van der Waals surface area contributed by atoms with Gasteiger partial charge in [0, 0.05) is 30.4 Å². The van der Waals surface area contributed by atoms with Crippen LogP contribution in [0.4, 0.5) is 5.69 Å². The second-order valence-electron chi connectivity index (χ2n) is 4.98. The Kier molecular flexibility index (Phi) is 3.41. The fourth-order valence-electron chi connectivity index (χ4n) is 2.51. The SMILES string of the molecule is O=C(O)c1cc(-c2ccc(N3CCCCC3)cc2)no1. The molecule has 1 aliphatic heterocycles. The van der Waals surface area contributed by atoms with E-state index in [1.54, 1.807) is 0 Å². The van der Waals surface area contributed by atoms with Crippen LogP contribution in [-0.4, -0.2) is 29.3 Å². The first-order chi connectivity index (χ1) is 9.74. The van der Waals surface area contributed by atoms with Crippen LogP contribution in [0.2, 0.25) is 0 Å². The van der Waals surface area contributed by atoms with Crippen LogP contribution in [-0.2, 0) is 0 Å². The predicted octanol–water partition coefficient (Wildman–Crippen LogP) is 3.03. The minimum Gasteiger partial charge on any atom is -0.475 e. The van der Waals surface area contributed by atoms with E-state index in [0.29, 0.717) is 5.69 Å². The Morgan fingerprint density at radius 2 is 1.85 bits per heavy atom. The lowest BCUT2D eigenvalue weighted by molar-refractivity contribution is 0.0652. The molecule has 0 aliphatic carbocycles. The quantitative estimate of drug-likeness (QED) is 0.930. The molecule has 1 fully saturated rings. The highest BCUT2D eigenvalue weighted by atomic mass is 16.5. The number of carbonyl (C=O) groups is 1. The van der Waals surface area contributed by atoms with Gasteiger partial charge in [-0.3, -0.25) is 0 Å². The van der Waals surface area contributed by atoms with Gasteiger partial charge < -0.3 is 14.5 Å². The van der Waals surface area contributed by atoms with E-state index in [2.05, 4.69) is 22.2 Å². The number of benzene rings is 1. The van der Waals surface area contributed by atoms with Gasteiger partial charge in [-0.05, 0) is 31.4 Å². The number of nitrogens with zero attached hydrogens (tertiary/aromatic N) is 2. The van der Waals surface area contributed by atoms with E-state index < -0.39 is 5.97 Å². The summed E-state index contributed by atoms with van der Waals surface area (Å²) in [4.78, 5) is 13.1. The molecule has 104 valence electrons. The molecule has 0 spiro atoms. The Labute approximate surface area is 116 Å². The van der Waals surface area contributed by atoms with E-state index in [-0.39, 0.29) is 5.76 Å². The molecule has 1 aromatic carbocycles. The molecule has 1 N–H and O–H groups in total. The molecule has 0 unspecified atom stereocenters. The summed E-state index contributed by atoms with van der Waals surface area (Å²) >= 11 is 0. The molecule has 2 aromatic rings. The van der Waals surface area contributed by atoms with Crippen LogP contribution in [0.5, 0.6) is 0 Å². The van der Waals surface area contributed by atoms with Gasteiger partial charge in [0.25, 0.3) is 0 Å². The Hall–Kier alpha value is -2.30. The fourth-order valence-corrected chi connectivity index (χ4v) is 2.51. The van der Waals surface area contributed by atoms with Gasteiger partial charge in [0.1, 0.15) is 5.69 Å². The topological polar surface area (TPSA) is 66.6 Å². The highest BCUT2D eigenvalue weighted by Crippen LogP contribution is 2.25. The van der Waals surface area contributed by atoms with Crippen molar-refractivity contribution in [3.8, 4) is 11.3 Å². The average Bonchev–Trinajstić information content (AvgIpc) is 2.98. The minimum absolute atomic E-state index is 0.139. The lowest BCUT2D eigenvalue weighted by atomic mass is 10.1. The first-order valence-electron chi connectivity index (χ1n) is 6.79. The Morgan fingerprint density at radius 3 is 2.45 bits per heavy atom. The Bertz CT molecular complexity index is 598. The highest BCUT2D eigenvalue weighted by Gasteiger charge is 2.14. The van der Waals surface area contributed by atoms with Crippen molar-refractivity contribution in [3.05, 3.63) is 36.1 Å². The van der Waals surface area contributed by atoms with Gasteiger partial charge >= 0.3 is 5.97 Å². The molecule has 0 saturated carbocycles. The second kappa shape index (κ2) is 5.36. The number of carboxylic acid groups (broad SMARTS) is 1. The largest absolute Gasteiger partial charge is 0.475 e. The van der Waals surface area contributed by atoms with Gasteiger partial charge in [0.05, 0.1) is 0 Å². The van der Waals surface area contributed by atoms with Crippen molar-refractivity contribution in [3.63, 3.8) is 0 Å². The summed E-state index contributed by atoms with van der Waals surface area (Å²) < 4.78 is 4.77. The normalized spacial score (nSPS) is 15.3. The second-order valence-corrected chi connectivity index (χ2v) is 4.98. The van der Waals surface area contributed by atoms with E-state index in [4.69, 9.17) is 9.63 Å². The smallest absolute Gasteiger partial charge is 0.374 e. The summed E-state index contributed by atoms with van der Waals surface area (Å²) in [5, 5.41) is 12.6. The van der Waals surface area contributed by atoms with Crippen LogP contribution in [0, 0.1) is 0 Å². The maximum Gasteiger partial charge on any atom is 0.374 e. The van der Waals surface area contributed by atoms with E-state index in [1.165, 1.54) is 31.0 Å². The van der Waals surface area contributed by atoms with Crippen LogP contribution in [0.1, 0.15) is 29.8 Å². The van der Waals surface area contributed by atoms with Crippen molar-refractivity contribution in [2.75, 3.05) is 18.0 Å². The molecule has 0 atom stereocenters. The number of carboxylic acids is 1. The molecule has 0 radical (unpaired) electrons. The molecule has 5 heteroatoms. The number of piperidine rings is 1. The van der Waals surface area contributed by atoms with Gasteiger partial charge in [-0.25, -0.2) is 4.79 Å². The zero-order valence-electron chi connectivity index (χ0n) is 11.1. The molecule has 5 nitrogen and oxygen atoms in total. The number of aromatic carboxylic acids is 1. The lowest BCUT2D eigenvalue weighted by Crippen LogP contribution is -2.29. The summed E-state index contributed by atoms with van der Waals surface area (Å²) in [6.45, 7) is 2.21. The van der Waals surface area contributed by atoms with E-state index >= 15 is 0 Å². The summed E-state index contributed by atoms with van der Waals surface area (Å²) in [5.74, 6) is -1.24. The van der Waals surface area contributed by atoms with Crippen molar-refractivity contribution in [2.45, 2.75) is 19.3 Å². The van der Waals surface area contributed by atoms with Crippen LogP contribution >= 0.6 is 0 Å². The van der Waals surface area contributed by atoms with Crippen molar-refractivity contribution in [1.82, 2.24) is 5.16 Å². The van der Waals surface area contributed by atoms with Crippen molar-refractivity contribution in [1.29, 1.82) is 0 Å². The third kappa shape index (κ3) is 2.52. The summed E-state index contributed by atoms with van der Waals surface area (Å²) in [5.41, 5.74) is 2.62. The predicted molar refractivity (Wildman–Crippen MR) is 75.0 cm³/mol. The van der Waals surface area contributed by atoms with Crippen LogP contribution < -0.4 is 4.90 Å². The first-order valence-corrected chi connectivity index (χ1v) is 6.79. The molecule has 1 aliphatic rings. The van der Waals surface area contributed by atoms with Crippen molar-refractivity contribution >= 4 is 11.7 Å². The number of hydrogen-bond acceptors (Lipinski definition) is 4. The summed E-state index contributed by atoms with van der Waals surface area (Å²) in [6, 6.07) is 9.45. The molecule has 0 bridgehead atoms. The van der Waals surface area contributed by atoms with Crippen molar-refractivity contribution < 1.29 is 14.4 Å². The van der Waals surface area contributed by atoms with Crippen LogP contribution in [0.25, 0.3) is 11.3 Å². The molecule has 2 heterocycles. The van der Waals surface area contributed by atoms with Gasteiger partial charge in [0.2, 0.25) is 5.76 Å². The fraction of sp³-hybridized carbons (Fsp3) is 0.333. The first kappa shape index (κ1) is 12.7. The number of aromatic nitrogens is 1. The molecule has 0 amide bonds. The number of anilines is 1. The lowest BCUT2D eigenvalue weighted by Gasteiger charge is -2.28. The standard InChI is InChI=1S/C15H16N2O3/c18-15(19)14-10-13(16-20-14)11-4-6-12(7-5-11)17-8-2-1-3-9-17/h4-7,10H,1-3,8-9H2,(H,18,19). The van der Waals surface area contributed by atoms with Crippen LogP contribution in [0.15, 0.2) is 34.9 Å². The van der Waals surface area contributed by atoms with Crippen molar-refractivity contribution in [2.24, 2.45) is 0 Å². The van der Waals surface area contributed by atoms with Gasteiger partial charge in [-0.15, -0.1) is 0 Å². The molecular weight excluding hydrogens is 256 g/mol. The number of hydrogen-bond donors (Lipinski definition) is 1. The molecule has 3 rings (SSSR count). The molecular formula is C15H16N2O3. The Morgan fingerprint density at radius 1 is 1.15 bits per heavy atom. The van der Waals surface area contributed by atoms with E-state index in [9.17, 15) is 4.79 Å². The van der Waals surface area contributed by atoms with Gasteiger partial charge in [-0.1, -0.05) is 17.3 Å². The van der Waals surface area contributed by atoms with Gasteiger partial charge in [-0.2, -0.15) is 0 Å². The molecule has 20 heavy (non-hydrogen) atoms. The zero-order valence-corrected chi connectivity index (χ0v) is 11.1. The summed E-state index contributed by atoms with van der Waals surface area (Å²) in [7, 11) is 0. The summed E-state index contributed by atoms with van der Waals surface area (Å²) in [6.07, 6.45) is 3.80. The van der Waals surface area contributed by atoms with E-state index in [0.717, 1.165) is 18.7 Å². The third-order valence-electron chi connectivity index (χ3n) is 3.61. The van der Waals surface area contributed by atoms with E-state index in [1.807, 2.05) is 12.1 Å². The third-order valence-corrected chi connectivity index (χ3v) is 3.61. The van der Waals surface area contributed by atoms with Crippen LogP contribution in [0.3, 0.4) is 0 Å². The maximum atomic E-state index is 10.8. The highest BCUT2D eigenvalue weighted by molar-refractivity contribution is 5.85. The number of rotatable bonds is 3. The average molecular weight is 272 g/mol. The maximum absolute atomic E-state index is 10.8. The molecule has 1 aromatic heterocycles.